The third-order valence-corrected chi connectivity index (χ3v) is 5.55. The van der Waals surface area contributed by atoms with Crippen LogP contribution in [0, 0.1) is 0 Å². The zero-order valence-electron chi connectivity index (χ0n) is 16.5. The number of aryl methyl sites for hydroxylation is 1. The van der Waals surface area contributed by atoms with E-state index >= 15 is 0 Å². The summed E-state index contributed by atoms with van der Waals surface area (Å²) in [4.78, 5) is 27.0. The van der Waals surface area contributed by atoms with Crippen molar-refractivity contribution in [3.05, 3.63) is 52.4 Å². The number of aromatic amines is 1. The molecule has 7 heteroatoms. The van der Waals surface area contributed by atoms with Gasteiger partial charge in [-0.15, -0.1) is 0 Å². The van der Waals surface area contributed by atoms with E-state index < -0.39 is 0 Å². The molecule has 1 aliphatic carbocycles. The molecule has 2 aliphatic rings. The van der Waals surface area contributed by atoms with E-state index in [2.05, 4.69) is 44.2 Å². The summed E-state index contributed by atoms with van der Waals surface area (Å²) in [6, 6.07) is 1.75. The fourth-order valence-corrected chi connectivity index (χ4v) is 3.96. The second-order valence-corrected chi connectivity index (χ2v) is 7.17. The normalized spacial score (nSPS) is 17.8. The van der Waals surface area contributed by atoms with E-state index in [-0.39, 0.29) is 5.91 Å². The minimum atomic E-state index is -0.219. The predicted molar refractivity (Wildman–Crippen MR) is 109 cm³/mol. The van der Waals surface area contributed by atoms with Crippen LogP contribution in [0.4, 0.5) is 0 Å². The summed E-state index contributed by atoms with van der Waals surface area (Å²) in [5.41, 5.74) is 8.61. The van der Waals surface area contributed by atoms with E-state index in [1.807, 2.05) is 6.08 Å². The van der Waals surface area contributed by atoms with Gasteiger partial charge in [0.2, 0.25) is 0 Å². The molecule has 0 bridgehead atoms. The molecule has 2 aromatic heterocycles. The zero-order chi connectivity index (χ0) is 19.5. The molecule has 2 aromatic rings. The maximum atomic E-state index is 12.5. The molecule has 0 spiro atoms. The van der Waals surface area contributed by atoms with Gasteiger partial charge in [0.1, 0.15) is 5.71 Å². The lowest BCUT2D eigenvalue weighted by Crippen LogP contribution is -2.23. The number of hydrazone groups is 1. The Morgan fingerprint density at radius 1 is 1.14 bits per heavy atom. The summed E-state index contributed by atoms with van der Waals surface area (Å²) < 4.78 is 0. The Kier molecular flexibility index (Phi) is 5.34. The average Bonchev–Trinajstić information content (AvgIpc) is 3.27. The van der Waals surface area contributed by atoms with Crippen molar-refractivity contribution in [1.82, 2.24) is 25.3 Å². The number of aromatic nitrogens is 3. The minimum absolute atomic E-state index is 0.219. The van der Waals surface area contributed by atoms with Crippen LogP contribution in [0.15, 0.2) is 29.1 Å². The fourth-order valence-electron chi connectivity index (χ4n) is 3.96. The highest BCUT2D eigenvalue weighted by molar-refractivity contribution is 6.32. The first kappa shape index (κ1) is 18.6. The van der Waals surface area contributed by atoms with E-state index in [0.29, 0.717) is 17.1 Å². The van der Waals surface area contributed by atoms with Crippen molar-refractivity contribution in [3.63, 3.8) is 0 Å². The van der Waals surface area contributed by atoms with Crippen LogP contribution in [-0.2, 0) is 24.2 Å². The van der Waals surface area contributed by atoms with Gasteiger partial charge in [0.25, 0.3) is 5.91 Å². The van der Waals surface area contributed by atoms with Crippen molar-refractivity contribution in [2.24, 2.45) is 5.10 Å². The average molecular weight is 378 g/mol. The van der Waals surface area contributed by atoms with Crippen molar-refractivity contribution in [2.75, 3.05) is 13.1 Å². The molecule has 0 radical (unpaired) electrons. The first-order valence-corrected chi connectivity index (χ1v) is 10.0. The summed E-state index contributed by atoms with van der Waals surface area (Å²) >= 11 is 0. The van der Waals surface area contributed by atoms with Crippen LogP contribution in [0.25, 0.3) is 6.08 Å². The SMILES string of the molecule is CCN(CC)Cc1c(/C=C2/C(=O)NN=C2c2ncccn2)[nH]c2c1CCCC2. The molecule has 1 amide bonds. The van der Waals surface area contributed by atoms with Gasteiger partial charge in [-0.3, -0.25) is 9.69 Å². The molecule has 2 N–H and O–H groups in total. The number of carbonyl (C=O) groups is 1. The molecule has 28 heavy (non-hydrogen) atoms. The van der Waals surface area contributed by atoms with E-state index in [4.69, 9.17) is 0 Å². The third kappa shape index (κ3) is 3.49. The second kappa shape index (κ2) is 8.06. The molecular formula is C21H26N6O. The number of hydrogen-bond donors (Lipinski definition) is 2. The molecule has 0 saturated heterocycles. The molecular weight excluding hydrogens is 352 g/mol. The zero-order valence-corrected chi connectivity index (χ0v) is 16.5. The molecule has 0 aromatic carbocycles. The highest BCUT2D eigenvalue weighted by atomic mass is 16.2. The van der Waals surface area contributed by atoms with Crippen LogP contribution in [0.1, 0.15) is 55.0 Å². The number of nitrogens with one attached hydrogen (secondary N) is 2. The van der Waals surface area contributed by atoms with Gasteiger partial charge in [-0.1, -0.05) is 13.8 Å². The highest BCUT2D eigenvalue weighted by Gasteiger charge is 2.28. The van der Waals surface area contributed by atoms with Gasteiger partial charge >= 0.3 is 0 Å². The van der Waals surface area contributed by atoms with Crippen LogP contribution in [0.5, 0.6) is 0 Å². The first-order chi connectivity index (χ1) is 13.7. The summed E-state index contributed by atoms with van der Waals surface area (Å²) in [7, 11) is 0. The van der Waals surface area contributed by atoms with E-state index in [0.717, 1.165) is 38.2 Å². The Morgan fingerprint density at radius 2 is 1.89 bits per heavy atom. The highest BCUT2D eigenvalue weighted by Crippen LogP contribution is 2.30. The van der Waals surface area contributed by atoms with Crippen LogP contribution in [0.2, 0.25) is 0 Å². The lowest BCUT2D eigenvalue weighted by Gasteiger charge is -2.20. The van der Waals surface area contributed by atoms with Crippen LogP contribution in [0.3, 0.4) is 0 Å². The quantitative estimate of drug-likeness (QED) is 0.756. The van der Waals surface area contributed by atoms with Gasteiger partial charge in [0.05, 0.1) is 5.57 Å². The Balaban J connectivity index is 1.76. The lowest BCUT2D eigenvalue weighted by molar-refractivity contribution is -0.116. The topological polar surface area (TPSA) is 86.3 Å². The maximum absolute atomic E-state index is 12.5. The monoisotopic (exact) mass is 378 g/mol. The minimum Gasteiger partial charge on any atom is -0.358 e. The van der Waals surface area contributed by atoms with Crippen molar-refractivity contribution in [1.29, 1.82) is 0 Å². The fraction of sp³-hybridized carbons (Fsp3) is 0.429. The summed E-state index contributed by atoms with van der Waals surface area (Å²) in [5.74, 6) is 0.234. The standard InChI is InChI=1S/C21H26N6O/c1-3-27(4-2)13-16-14-8-5-6-9-17(14)24-18(16)12-15-19(25-26-21(15)28)20-22-10-7-11-23-20/h7,10-12,24H,3-6,8-9,13H2,1-2H3,(H,26,28)/b15-12+. The van der Waals surface area contributed by atoms with Crippen molar-refractivity contribution < 1.29 is 4.79 Å². The van der Waals surface area contributed by atoms with Crippen molar-refractivity contribution in [3.8, 4) is 0 Å². The Labute approximate surface area is 165 Å². The van der Waals surface area contributed by atoms with Crippen molar-refractivity contribution >= 4 is 17.7 Å². The molecule has 0 unspecified atom stereocenters. The number of nitrogens with zero attached hydrogens (tertiary/aromatic N) is 4. The van der Waals surface area contributed by atoms with Crippen LogP contribution in [-0.4, -0.2) is 44.6 Å². The van der Waals surface area contributed by atoms with Crippen LogP contribution >= 0.6 is 0 Å². The molecule has 7 nitrogen and oxygen atoms in total. The van der Waals surface area contributed by atoms with Gasteiger partial charge in [0, 0.05) is 30.3 Å². The number of carbonyl (C=O) groups excluding carboxylic acids is 1. The van der Waals surface area contributed by atoms with E-state index in [1.165, 1.54) is 29.7 Å². The maximum Gasteiger partial charge on any atom is 0.273 e. The summed E-state index contributed by atoms with van der Waals surface area (Å²) in [6.07, 6.45) is 9.83. The van der Waals surface area contributed by atoms with Gasteiger partial charge in [-0.25, -0.2) is 15.4 Å². The Morgan fingerprint density at radius 3 is 2.64 bits per heavy atom. The van der Waals surface area contributed by atoms with E-state index in [9.17, 15) is 4.79 Å². The summed E-state index contributed by atoms with van der Waals surface area (Å²) in [6.45, 7) is 7.24. The molecule has 1 aliphatic heterocycles. The number of hydrogen-bond acceptors (Lipinski definition) is 5. The van der Waals surface area contributed by atoms with Gasteiger partial charge in [-0.2, -0.15) is 5.10 Å². The first-order valence-electron chi connectivity index (χ1n) is 10.0. The molecule has 4 rings (SSSR count). The predicted octanol–water partition coefficient (Wildman–Crippen LogP) is 2.44. The van der Waals surface area contributed by atoms with Crippen LogP contribution < -0.4 is 5.43 Å². The Hall–Kier alpha value is -2.80. The molecule has 0 atom stereocenters. The van der Waals surface area contributed by atoms with Gasteiger partial charge in [-0.05, 0) is 62.0 Å². The molecule has 146 valence electrons. The molecule has 0 saturated carbocycles. The van der Waals surface area contributed by atoms with Gasteiger partial charge in [0.15, 0.2) is 5.82 Å². The van der Waals surface area contributed by atoms with Crippen molar-refractivity contribution in [2.45, 2.75) is 46.1 Å². The largest absolute Gasteiger partial charge is 0.358 e. The second-order valence-electron chi connectivity index (χ2n) is 7.17. The van der Waals surface area contributed by atoms with E-state index in [1.54, 1.807) is 18.5 Å². The summed E-state index contributed by atoms with van der Waals surface area (Å²) in [5, 5.41) is 4.17. The Bertz CT molecular complexity index is 924. The lowest BCUT2D eigenvalue weighted by atomic mass is 9.93. The number of H-pyrrole nitrogens is 1. The third-order valence-electron chi connectivity index (χ3n) is 5.55. The molecule has 0 fully saturated rings. The number of fused-ring (bicyclic) bond motifs is 1. The number of amides is 1. The molecule has 3 heterocycles. The number of rotatable bonds is 6. The van der Waals surface area contributed by atoms with Gasteiger partial charge < -0.3 is 4.98 Å². The smallest absolute Gasteiger partial charge is 0.273 e.